The molecule has 2 aromatic rings. The fourth-order valence-corrected chi connectivity index (χ4v) is 3.28. The number of hydrogen-bond acceptors (Lipinski definition) is 4. The summed E-state index contributed by atoms with van der Waals surface area (Å²) in [5.74, 6) is -0.122. The number of anilines is 1. The first kappa shape index (κ1) is 15.3. The van der Waals surface area contributed by atoms with Crippen molar-refractivity contribution < 1.29 is 9.53 Å². The molecule has 108 valence electrons. The molecule has 3 N–H and O–H groups in total. The van der Waals surface area contributed by atoms with Crippen LogP contribution in [0.15, 0.2) is 22.7 Å². The number of rotatable bonds is 5. The van der Waals surface area contributed by atoms with Crippen molar-refractivity contribution in [2.24, 2.45) is 0 Å². The molecule has 0 fully saturated rings. The number of halogens is 1. The summed E-state index contributed by atoms with van der Waals surface area (Å²) in [4.78, 5) is 12.8. The van der Waals surface area contributed by atoms with Crippen molar-refractivity contribution in [1.82, 2.24) is 5.32 Å². The summed E-state index contributed by atoms with van der Waals surface area (Å²) in [5.41, 5.74) is 6.63. The van der Waals surface area contributed by atoms with Gasteiger partial charge in [0.05, 0.1) is 5.69 Å². The average molecular weight is 357 g/mol. The lowest BCUT2D eigenvalue weighted by molar-refractivity contribution is 0.0934. The Balaban J connectivity index is 2.20. The van der Waals surface area contributed by atoms with Crippen molar-refractivity contribution in [2.45, 2.75) is 19.4 Å². The highest BCUT2D eigenvalue weighted by molar-refractivity contribution is 9.10. The van der Waals surface area contributed by atoms with Gasteiger partial charge in [-0.3, -0.25) is 4.79 Å². The van der Waals surface area contributed by atoms with E-state index < -0.39 is 0 Å². The standard InChI is InChI=1S/C14H17BrN2O2S/c1-8(5-6-19-2)17-14(18)13-12(16)10-7-9(15)3-4-11(10)20-13/h3-4,7-8H,5-6,16H2,1-2H3,(H,17,18). The first-order valence-electron chi connectivity index (χ1n) is 6.30. The van der Waals surface area contributed by atoms with Crippen molar-refractivity contribution in [1.29, 1.82) is 0 Å². The molecule has 1 aromatic carbocycles. The topological polar surface area (TPSA) is 64.3 Å². The zero-order valence-electron chi connectivity index (χ0n) is 11.4. The van der Waals surface area contributed by atoms with Gasteiger partial charge in [0.15, 0.2) is 0 Å². The van der Waals surface area contributed by atoms with Gasteiger partial charge in [0, 0.05) is 34.3 Å². The molecule has 6 heteroatoms. The molecule has 0 aliphatic rings. The predicted molar refractivity (Wildman–Crippen MR) is 87.4 cm³/mol. The van der Waals surface area contributed by atoms with Gasteiger partial charge >= 0.3 is 0 Å². The minimum absolute atomic E-state index is 0.0544. The molecule has 0 aliphatic heterocycles. The van der Waals surface area contributed by atoms with E-state index in [9.17, 15) is 4.79 Å². The minimum Gasteiger partial charge on any atom is -0.397 e. The second-order valence-corrected chi connectivity index (χ2v) is 6.61. The van der Waals surface area contributed by atoms with E-state index in [2.05, 4.69) is 21.2 Å². The van der Waals surface area contributed by atoms with Crippen molar-refractivity contribution in [3.8, 4) is 0 Å². The zero-order valence-corrected chi connectivity index (χ0v) is 13.8. The van der Waals surface area contributed by atoms with Gasteiger partial charge < -0.3 is 15.8 Å². The average Bonchev–Trinajstić information content (AvgIpc) is 2.74. The highest BCUT2D eigenvalue weighted by atomic mass is 79.9. The summed E-state index contributed by atoms with van der Waals surface area (Å²) >= 11 is 4.83. The Morgan fingerprint density at radius 2 is 2.30 bits per heavy atom. The fourth-order valence-electron chi connectivity index (χ4n) is 1.91. The number of nitrogen functional groups attached to an aromatic ring is 1. The van der Waals surface area contributed by atoms with E-state index in [0.717, 1.165) is 21.0 Å². The molecular formula is C14H17BrN2O2S. The molecule has 0 bridgehead atoms. The Kier molecular flexibility index (Phi) is 5.01. The van der Waals surface area contributed by atoms with Crippen molar-refractivity contribution >= 4 is 48.9 Å². The van der Waals surface area contributed by atoms with Crippen LogP contribution in [0, 0.1) is 0 Å². The number of thiophene rings is 1. The van der Waals surface area contributed by atoms with Crippen molar-refractivity contribution in [3.63, 3.8) is 0 Å². The molecule has 20 heavy (non-hydrogen) atoms. The number of benzene rings is 1. The number of amides is 1. The maximum Gasteiger partial charge on any atom is 0.263 e. The number of fused-ring (bicyclic) bond motifs is 1. The minimum atomic E-state index is -0.122. The van der Waals surface area contributed by atoms with Crippen LogP contribution in [0.1, 0.15) is 23.0 Å². The third-order valence-corrected chi connectivity index (χ3v) is 4.71. The summed E-state index contributed by atoms with van der Waals surface area (Å²) in [5, 5.41) is 3.86. The Hall–Kier alpha value is -1.11. The highest BCUT2D eigenvalue weighted by Crippen LogP contribution is 2.35. The van der Waals surface area contributed by atoms with Crippen LogP contribution in [0.3, 0.4) is 0 Å². The van der Waals surface area contributed by atoms with E-state index in [1.54, 1.807) is 7.11 Å². The van der Waals surface area contributed by atoms with E-state index in [1.165, 1.54) is 11.3 Å². The molecule has 0 saturated heterocycles. The molecule has 1 heterocycles. The third-order valence-electron chi connectivity index (χ3n) is 3.03. The van der Waals surface area contributed by atoms with Crippen LogP contribution in [0.5, 0.6) is 0 Å². The monoisotopic (exact) mass is 356 g/mol. The van der Waals surface area contributed by atoms with Gasteiger partial charge in [-0.15, -0.1) is 11.3 Å². The lowest BCUT2D eigenvalue weighted by atomic mass is 10.2. The first-order valence-corrected chi connectivity index (χ1v) is 7.91. The molecule has 1 unspecified atom stereocenters. The maximum absolute atomic E-state index is 12.3. The third kappa shape index (κ3) is 3.31. The van der Waals surface area contributed by atoms with Crippen LogP contribution in [-0.4, -0.2) is 25.7 Å². The lowest BCUT2D eigenvalue weighted by Crippen LogP contribution is -2.33. The quantitative estimate of drug-likeness (QED) is 0.862. The molecule has 1 aromatic heterocycles. The Morgan fingerprint density at radius 1 is 1.55 bits per heavy atom. The zero-order chi connectivity index (χ0) is 14.7. The van der Waals surface area contributed by atoms with Crippen molar-refractivity contribution in [3.05, 3.63) is 27.5 Å². The summed E-state index contributed by atoms with van der Waals surface area (Å²) < 4.78 is 6.97. The predicted octanol–water partition coefficient (Wildman–Crippen LogP) is 3.40. The molecule has 0 radical (unpaired) electrons. The molecule has 0 spiro atoms. The maximum atomic E-state index is 12.3. The first-order chi connectivity index (χ1) is 9.52. The smallest absolute Gasteiger partial charge is 0.263 e. The second kappa shape index (κ2) is 6.56. The molecular weight excluding hydrogens is 340 g/mol. The summed E-state index contributed by atoms with van der Waals surface area (Å²) in [6, 6.07) is 5.90. The van der Waals surface area contributed by atoms with Gasteiger partial charge in [0.1, 0.15) is 4.88 Å². The number of ether oxygens (including phenoxy) is 1. The highest BCUT2D eigenvalue weighted by Gasteiger charge is 2.18. The molecule has 0 saturated carbocycles. The largest absolute Gasteiger partial charge is 0.397 e. The second-order valence-electron chi connectivity index (χ2n) is 4.64. The van der Waals surface area contributed by atoms with Crippen LogP contribution < -0.4 is 11.1 Å². The van der Waals surface area contributed by atoms with E-state index >= 15 is 0 Å². The number of carbonyl (C=O) groups is 1. The normalized spacial score (nSPS) is 12.6. The van der Waals surface area contributed by atoms with Crippen LogP contribution in [0.4, 0.5) is 5.69 Å². The van der Waals surface area contributed by atoms with E-state index in [4.69, 9.17) is 10.5 Å². The van der Waals surface area contributed by atoms with Crippen molar-refractivity contribution in [2.75, 3.05) is 19.5 Å². The number of carbonyl (C=O) groups excluding carboxylic acids is 1. The Morgan fingerprint density at radius 3 is 3.00 bits per heavy atom. The molecule has 1 amide bonds. The van der Waals surface area contributed by atoms with Crippen LogP contribution in [0.25, 0.3) is 10.1 Å². The lowest BCUT2D eigenvalue weighted by Gasteiger charge is -2.12. The summed E-state index contributed by atoms with van der Waals surface area (Å²) in [6.45, 7) is 2.58. The molecule has 0 aliphatic carbocycles. The molecule has 2 rings (SSSR count). The van der Waals surface area contributed by atoms with Gasteiger partial charge in [-0.05, 0) is 31.5 Å². The SMILES string of the molecule is COCCC(C)NC(=O)c1sc2ccc(Br)cc2c1N. The van der Waals surface area contributed by atoms with E-state index in [-0.39, 0.29) is 11.9 Å². The van der Waals surface area contributed by atoms with Gasteiger partial charge in [0.25, 0.3) is 5.91 Å². The van der Waals surface area contributed by atoms with E-state index in [0.29, 0.717) is 17.2 Å². The van der Waals surface area contributed by atoms with Crippen LogP contribution in [0.2, 0.25) is 0 Å². The van der Waals surface area contributed by atoms with E-state index in [1.807, 2.05) is 25.1 Å². The summed E-state index contributed by atoms with van der Waals surface area (Å²) in [7, 11) is 1.65. The van der Waals surface area contributed by atoms with Crippen LogP contribution in [-0.2, 0) is 4.74 Å². The van der Waals surface area contributed by atoms with Gasteiger partial charge in [-0.25, -0.2) is 0 Å². The van der Waals surface area contributed by atoms with Gasteiger partial charge in [-0.2, -0.15) is 0 Å². The van der Waals surface area contributed by atoms with Gasteiger partial charge in [0.2, 0.25) is 0 Å². The van der Waals surface area contributed by atoms with Crippen LogP contribution >= 0.6 is 27.3 Å². The number of nitrogens with two attached hydrogens (primary N) is 1. The number of hydrogen-bond donors (Lipinski definition) is 2. The number of nitrogens with one attached hydrogen (secondary N) is 1. The fraction of sp³-hybridized carbons (Fsp3) is 0.357. The molecule has 4 nitrogen and oxygen atoms in total. The number of methoxy groups -OCH3 is 1. The Bertz CT molecular complexity index is 627. The summed E-state index contributed by atoms with van der Waals surface area (Å²) in [6.07, 6.45) is 0.776. The molecule has 1 atom stereocenters. The Labute approximate surface area is 130 Å². The van der Waals surface area contributed by atoms with Gasteiger partial charge in [-0.1, -0.05) is 15.9 Å².